The molecule has 2 rings (SSSR count). The quantitative estimate of drug-likeness (QED) is 0.928. The fourth-order valence-corrected chi connectivity index (χ4v) is 2.68. The highest BCUT2D eigenvalue weighted by atomic mass is 35.5. The minimum Gasteiger partial charge on any atom is -0.378 e. The molecule has 1 saturated heterocycles. The predicted molar refractivity (Wildman–Crippen MR) is 88.4 cm³/mol. The molecule has 0 bridgehead atoms. The topological polar surface area (TPSA) is 41.6 Å². The Balaban J connectivity index is 0.00000220. The molecule has 5 heteroatoms. The molecule has 1 aliphatic heterocycles. The van der Waals surface area contributed by atoms with Gasteiger partial charge in [-0.1, -0.05) is 6.07 Å². The normalized spacial score (nSPS) is 18.0. The van der Waals surface area contributed by atoms with Gasteiger partial charge in [-0.15, -0.1) is 12.4 Å². The minimum atomic E-state index is 0. The SMILES string of the molecule is CCN(C(=O)CC1COCCN1)c1cc(C)cc(C)c1.Cl. The summed E-state index contributed by atoms with van der Waals surface area (Å²) >= 11 is 0. The van der Waals surface area contributed by atoms with E-state index in [0.29, 0.717) is 19.6 Å². The second-order valence-corrected chi connectivity index (χ2v) is 5.41. The molecule has 0 spiro atoms. The van der Waals surface area contributed by atoms with E-state index in [0.717, 1.165) is 18.8 Å². The van der Waals surface area contributed by atoms with Crippen LogP contribution < -0.4 is 10.2 Å². The van der Waals surface area contributed by atoms with Gasteiger partial charge in [0.05, 0.1) is 13.2 Å². The number of benzene rings is 1. The van der Waals surface area contributed by atoms with Gasteiger partial charge in [-0.25, -0.2) is 0 Å². The van der Waals surface area contributed by atoms with E-state index in [4.69, 9.17) is 4.74 Å². The number of aryl methyl sites for hydroxylation is 2. The summed E-state index contributed by atoms with van der Waals surface area (Å²) < 4.78 is 5.41. The van der Waals surface area contributed by atoms with Crippen LogP contribution in [0.4, 0.5) is 5.69 Å². The van der Waals surface area contributed by atoms with Gasteiger partial charge in [-0.3, -0.25) is 4.79 Å². The highest BCUT2D eigenvalue weighted by Gasteiger charge is 2.21. The lowest BCUT2D eigenvalue weighted by Crippen LogP contribution is -2.45. The van der Waals surface area contributed by atoms with Crippen molar-refractivity contribution in [2.45, 2.75) is 33.2 Å². The monoisotopic (exact) mass is 312 g/mol. The van der Waals surface area contributed by atoms with E-state index >= 15 is 0 Å². The van der Waals surface area contributed by atoms with E-state index in [2.05, 4.69) is 37.4 Å². The summed E-state index contributed by atoms with van der Waals surface area (Å²) in [6.07, 6.45) is 0.487. The van der Waals surface area contributed by atoms with Crippen molar-refractivity contribution in [1.82, 2.24) is 5.32 Å². The Morgan fingerprint density at radius 1 is 1.33 bits per heavy atom. The second-order valence-electron chi connectivity index (χ2n) is 5.41. The maximum absolute atomic E-state index is 12.5. The lowest BCUT2D eigenvalue weighted by Gasteiger charge is -2.27. The molecule has 0 aliphatic carbocycles. The zero-order chi connectivity index (χ0) is 14.5. The summed E-state index contributed by atoms with van der Waals surface area (Å²) in [7, 11) is 0. The molecule has 4 nitrogen and oxygen atoms in total. The Morgan fingerprint density at radius 3 is 2.52 bits per heavy atom. The van der Waals surface area contributed by atoms with E-state index < -0.39 is 0 Å². The van der Waals surface area contributed by atoms with Crippen molar-refractivity contribution < 1.29 is 9.53 Å². The standard InChI is InChI=1S/C16H24N2O2.ClH/c1-4-18(15-8-12(2)7-13(3)9-15)16(19)10-14-11-20-6-5-17-14;/h7-9,14,17H,4-6,10-11H2,1-3H3;1H. The third kappa shape index (κ3) is 4.99. The Kier molecular flexibility index (Phi) is 7.15. The number of nitrogens with one attached hydrogen (secondary N) is 1. The first-order valence-electron chi connectivity index (χ1n) is 7.30. The number of rotatable bonds is 4. The number of amides is 1. The van der Waals surface area contributed by atoms with Crippen LogP contribution in [-0.4, -0.2) is 38.3 Å². The molecule has 0 radical (unpaired) electrons. The number of morpholine rings is 1. The smallest absolute Gasteiger partial charge is 0.228 e. The fourth-order valence-electron chi connectivity index (χ4n) is 2.68. The molecule has 1 fully saturated rings. The van der Waals surface area contributed by atoms with Crippen molar-refractivity contribution in [2.24, 2.45) is 0 Å². The van der Waals surface area contributed by atoms with Gasteiger partial charge in [0.2, 0.25) is 5.91 Å². The Hall–Kier alpha value is -1.10. The molecule has 1 aromatic rings. The van der Waals surface area contributed by atoms with Crippen LogP contribution >= 0.6 is 12.4 Å². The number of anilines is 1. The molecule has 1 heterocycles. The van der Waals surface area contributed by atoms with Gasteiger partial charge in [-0.05, 0) is 44.0 Å². The summed E-state index contributed by atoms with van der Waals surface area (Å²) in [4.78, 5) is 14.4. The Bertz CT molecular complexity index is 453. The number of hydrogen-bond donors (Lipinski definition) is 1. The van der Waals surface area contributed by atoms with Crippen LogP contribution in [-0.2, 0) is 9.53 Å². The highest BCUT2D eigenvalue weighted by molar-refractivity contribution is 5.93. The summed E-state index contributed by atoms with van der Waals surface area (Å²) in [6.45, 7) is 9.01. The van der Waals surface area contributed by atoms with Crippen molar-refractivity contribution in [3.63, 3.8) is 0 Å². The van der Waals surface area contributed by atoms with Crippen LogP contribution in [0.2, 0.25) is 0 Å². The average Bonchev–Trinajstić information content (AvgIpc) is 2.39. The number of nitrogens with zero attached hydrogens (tertiary/aromatic N) is 1. The molecule has 1 unspecified atom stereocenters. The van der Waals surface area contributed by atoms with E-state index in [9.17, 15) is 4.79 Å². The molecule has 0 saturated carbocycles. The van der Waals surface area contributed by atoms with Gasteiger partial charge in [-0.2, -0.15) is 0 Å². The number of ether oxygens (including phenoxy) is 1. The number of carbonyl (C=O) groups excluding carboxylic acids is 1. The molecular formula is C16H25ClN2O2. The van der Waals surface area contributed by atoms with Gasteiger partial charge in [0, 0.05) is 31.2 Å². The molecule has 1 aliphatic rings. The lowest BCUT2D eigenvalue weighted by molar-refractivity contribution is -0.119. The van der Waals surface area contributed by atoms with Crippen molar-refractivity contribution in [1.29, 1.82) is 0 Å². The molecule has 1 N–H and O–H groups in total. The van der Waals surface area contributed by atoms with E-state index in [1.54, 1.807) is 0 Å². The van der Waals surface area contributed by atoms with Crippen LogP contribution in [0.3, 0.4) is 0 Å². The zero-order valence-electron chi connectivity index (χ0n) is 13.0. The third-order valence-corrected chi connectivity index (χ3v) is 3.55. The van der Waals surface area contributed by atoms with Crippen molar-refractivity contribution in [3.8, 4) is 0 Å². The zero-order valence-corrected chi connectivity index (χ0v) is 13.8. The fraction of sp³-hybridized carbons (Fsp3) is 0.562. The minimum absolute atomic E-state index is 0. The van der Waals surface area contributed by atoms with Gasteiger partial charge in [0.25, 0.3) is 0 Å². The summed E-state index contributed by atoms with van der Waals surface area (Å²) in [5.41, 5.74) is 3.36. The Morgan fingerprint density at radius 2 is 2.00 bits per heavy atom. The molecule has 1 aromatic carbocycles. The summed E-state index contributed by atoms with van der Waals surface area (Å²) in [5.74, 6) is 0.153. The number of hydrogen-bond acceptors (Lipinski definition) is 3. The van der Waals surface area contributed by atoms with Gasteiger partial charge in [0.15, 0.2) is 0 Å². The maximum atomic E-state index is 12.5. The first-order valence-corrected chi connectivity index (χ1v) is 7.30. The van der Waals surface area contributed by atoms with Crippen molar-refractivity contribution in [3.05, 3.63) is 29.3 Å². The molecule has 0 aromatic heterocycles. The summed E-state index contributed by atoms with van der Waals surface area (Å²) in [6, 6.07) is 6.40. The second kappa shape index (κ2) is 8.37. The Labute approximate surface area is 133 Å². The van der Waals surface area contributed by atoms with E-state index in [1.807, 2.05) is 11.8 Å². The van der Waals surface area contributed by atoms with Gasteiger partial charge < -0.3 is 15.0 Å². The van der Waals surface area contributed by atoms with Crippen LogP contribution in [0, 0.1) is 13.8 Å². The van der Waals surface area contributed by atoms with Crippen molar-refractivity contribution >= 4 is 24.0 Å². The van der Waals surface area contributed by atoms with Crippen molar-refractivity contribution in [2.75, 3.05) is 31.2 Å². The first kappa shape index (κ1) is 18.0. The van der Waals surface area contributed by atoms with Gasteiger partial charge in [0.1, 0.15) is 0 Å². The van der Waals surface area contributed by atoms with Crippen LogP contribution in [0.1, 0.15) is 24.5 Å². The van der Waals surface area contributed by atoms with E-state index in [-0.39, 0.29) is 24.4 Å². The third-order valence-electron chi connectivity index (χ3n) is 3.55. The van der Waals surface area contributed by atoms with E-state index in [1.165, 1.54) is 11.1 Å². The molecular weight excluding hydrogens is 288 g/mol. The molecule has 1 amide bonds. The first-order chi connectivity index (χ1) is 9.60. The summed E-state index contributed by atoms with van der Waals surface area (Å²) in [5, 5.41) is 3.33. The molecule has 1 atom stereocenters. The van der Waals surface area contributed by atoms with Crippen LogP contribution in [0.25, 0.3) is 0 Å². The maximum Gasteiger partial charge on any atom is 0.228 e. The van der Waals surface area contributed by atoms with Gasteiger partial charge >= 0.3 is 0 Å². The number of halogens is 1. The largest absolute Gasteiger partial charge is 0.378 e. The average molecular weight is 313 g/mol. The van der Waals surface area contributed by atoms with Crippen LogP contribution in [0.15, 0.2) is 18.2 Å². The van der Waals surface area contributed by atoms with Crippen LogP contribution in [0.5, 0.6) is 0 Å². The highest BCUT2D eigenvalue weighted by Crippen LogP contribution is 2.20. The lowest BCUT2D eigenvalue weighted by atomic mass is 10.1. The predicted octanol–water partition coefficient (Wildman–Crippen LogP) is 2.46. The molecule has 21 heavy (non-hydrogen) atoms. The molecule has 118 valence electrons. The number of carbonyl (C=O) groups is 1.